The minimum atomic E-state index is -0.501. The molecule has 3 rings (SSSR count). The lowest BCUT2D eigenvalue weighted by atomic mass is 10.4. The van der Waals surface area contributed by atoms with Crippen LogP contribution in [0, 0.1) is 6.92 Å². The molecule has 7 heteroatoms. The summed E-state index contributed by atoms with van der Waals surface area (Å²) in [4.78, 5) is 12.4. The van der Waals surface area contributed by atoms with E-state index < -0.39 is 5.76 Å². The van der Waals surface area contributed by atoms with Crippen LogP contribution in [0.2, 0.25) is 0 Å². The molecule has 0 aliphatic carbocycles. The number of aryl methyl sites for hydroxylation is 1. The highest BCUT2D eigenvalue weighted by Crippen LogP contribution is 2.21. The zero-order chi connectivity index (χ0) is 12.5. The SMILES string of the molecule is Cc1cc(Cn2nc(-c3cccs3)oc2=O)no1. The van der Waals surface area contributed by atoms with Gasteiger partial charge in [0, 0.05) is 6.07 Å². The van der Waals surface area contributed by atoms with E-state index in [1.807, 2.05) is 17.5 Å². The standard InChI is InChI=1S/C11H9N3O3S/c1-7-5-8(13-17-7)6-14-11(15)16-10(12-14)9-3-2-4-18-9/h2-5H,6H2,1H3. The second kappa shape index (κ2) is 4.26. The molecule has 0 N–H and O–H groups in total. The molecule has 0 amide bonds. The second-order valence-corrected chi connectivity index (χ2v) is 4.68. The Bertz CT molecular complexity index is 708. The third-order valence-electron chi connectivity index (χ3n) is 2.33. The summed E-state index contributed by atoms with van der Waals surface area (Å²) in [7, 11) is 0. The fraction of sp³-hybridized carbons (Fsp3) is 0.182. The predicted molar refractivity (Wildman–Crippen MR) is 64.4 cm³/mol. The van der Waals surface area contributed by atoms with Crippen molar-refractivity contribution in [3.8, 4) is 10.8 Å². The van der Waals surface area contributed by atoms with Gasteiger partial charge in [-0.1, -0.05) is 11.2 Å². The Kier molecular flexibility index (Phi) is 2.60. The third kappa shape index (κ3) is 2.00. The fourth-order valence-corrected chi connectivity index (χ4v) is 2.20. The van der Waals surface area contributed by atoms with Crippen LogP contribution in [-0.2, 0) is 6.54 Å². The van der Waals surface area contributed by atoms with Gasteiger partial charge in [0.1, 0.15) is 11.5 Å². The largest absolute Gasteiger partial charge is 0.437 e. The van der Waals surface area contributed by atoms with E-state index in [-0.39, 0.29) is 6.54 Å². The number of hydrogen-bond donors (Lipinski definition) is 0. The Balaban J connectivity index is 1.92. The normalized spacial score (nSPS) is 10.9. The van der Waals surface area contributed by atoms with Crippen molar-refractivity contribution in [2.75, 3.05) is 0 Å². The van der Waals surface area contributed by atoms with Crippen molar-refractivity contribution in [1.29, 1.82) is 0 Å². The van der Waals surface area contributed by atoms with Crippen LogP contribution in [0.3, 0.4) is 0 Å². The molecule has 0 saturated heterocycles. The van der Waals surface area contributed by atoms with Gasteiger partial charge in [0.25, 0.3) is 5.89 Å². The molecule has 18 heavy (non-hydrogen) atoms. The van der Waals surface area contributed by atoms with Gasteiger partial charge in [0.05, 0.1) is 11.4 Å². The van der Waals surface area contributed by atoms with E-state index in [9.17, 15) is 4.79 Å². The maximum absolute atomic E-state index is 11.6. The fourth-order valence-electron chi connectivity index (χ4n) is 1.55. The quantitative estimate of drug-likeness (QED) is 0.721. The van der Waals surface area contributed by atoms with Crippen molar-refractivity contribution in [1.82, 2.24) is 14.9 Å². The first-order valence-corrected chi connectivity index (χ1v) is 6.14. The molecular weight excluding hydrogens is 254 g/mol. The molecule has 3 heterocycles. The summed E-state index contributed by atoms with van der Waals surface area (Å²) in [6.45, 7) is 2.03. The smallest absolute Gasteiger partial charge is 0.387 e. The molecule has 0 saturated carbocycles. The second-order valence-electron chi connectivity index (χ2n) is 3.74. The van der Waals surface area contributed by atoms with Gasteiger partial charge >= 0.3 is 5.76 Å². The van der Waals surface area contributed by atoms with Crippen LogP contribution in [-0.4, -0.2) is 14.9 Å². The van der Waals surface area contributed by atoms with Crippen LogP contribution in [0.25, 0.3) is 10.8 Å². The summed E-state index contributed by atoms with van der Waals surface area (Å²) >= 11 is 1.47. The topological polar surface area (TPSA) is 74.1 Å². The van der Waals surface area contributed by atoms with Crippen LogP contribution in [0.5, 0.6) is 0 Å². The minimum absolute atomic E-state index is 0.241. The highest BCUT2D eigenvalue weighted by molar-refractivity contribution is 7.13. The molecule has 3 aromatic rings. The lowest BCUT2D eigenvalue weighted by Gasteiger charge is -1.91. The minimum Gasteiger partial charge on any atom is -0.387 e. The summed E-state index contributed by atoms with van der Waals surface area (Å²) in [5.74, 6) is 0.522. The summed E-state index contributed by atoms with van der Waals surface area (Å²) in [6.07, 6.45) is 0. The Labute approximate surface area is 105 Å². The predicted octanol–water partition coefficient (Wildman–Crippen LogP) is 1.91. The first kappa shape index (κ1) is 11.0. The monoisotopic (exact) mass is 263 g/mol. The molecule has 92 valence electrons. The molecule has 6 nitrogen and oxygen atoms in total. The molecule has 0 spiro atoms. The van der Waals surface area contributed by atoms with Gasteiger partial charge in [0.2, 0.25) is 0 Å². The van der Waals surface area contributed by atoms with E-state index in [4.69, 9.17) is 8.94 Å². The zero-order valence-corrected chi connectivity index (χ0v) is 10.3. The summed E-state index contributed by atoms with van der Waals surface area (Å²) < 4.78 is 11.2. The first-order chi connectivity index (χ1) is 8.72. The lowest BCUT2D eigenvalue weighted by molar-refractivity contribution is 0.386. The van der Waals surface area contributed by atoms with Crippen molar-refractivity contribution in [2.24, 2.45) is 0 Å². The van der Waals surface area contributed by atoms with Crippen molar-refractivity contribution in [3.05, 3.63) is 45.6 Å². The van der Waals surface area contributed by atoms with Crippen LogP contribution in [0.15, 0.2) is 37.3 Å². The number of hydrogen-bond acceptors (Lipinski definition) is 6. The van der Waals surface area contributed by atoms with E-state index >= 15 is 0 Å². The van der Waals surface area contributed by atoms with Gasteiger partial charge in [-0.05, 0) is 18.4 Å². The van der Waals surface area contributed by atoms with Crippen LogP contribution in [0.1, 0.15) is 11.5 Å². The Hall–Kier alpha value is -2.15. The number of thiophene rings is 1. The molecule has 0 radical (unpaired) electrons. The van der Waals surface area contributed by atoms with Gasteiger partial charge < -0.3 is 8.94 Å². The molecule has 0 unspecified atom stereocenters. The zero-order valence-electron chi connectivity index (χ0n) is 9.49. The molecular formula is C11H9N3O3S. The van der Waals surface area contributed by atoms with E-state index in [0.717, 1.165) is 4.88 Å². The maximum Gasteiger partial charge on any atom is 0.437 e. The van der Waals surface area contributed by atoms with Gasteiger partial charge in [0.15, 0.2) is 0 Å². The summed E-state index contributed by atoms with van der Waals surface area (Å²) in [5, 5.41) is 9.83. The van der Waals surface area contributed by atoms with Gasteiger partial charge in [-0.2, -0.15) is 4.68 Å². The van der Waals surface area contributed by atoms with Crippen LogP contribution in [0.4, 0.5) is 0 Å². The third-order valence-corrected chi connectivity index (χ3v) is 3.18. The summed E-state index contributed by atoms with van der Waals surface area (Å²) in [5.41, 5.74) is 0.639. The molecule has 0 atom stereocenters. The Morgan fingerprint density at radius 2 is 2.39 bits per heavy atom. The average molecular weight is 263 g/mol. The molecule has 0 aliphatic rings. The van der Waals surface area contributed by atoms with E-state index in [2.05, 4.69) is 10.3 Å². The Morgan fingerprint density at radius 3 is 3.06 bits per heavy atom. The molecule has 0 aliphatic heterocycles. The van der Waals surface area contributed by atoms with Crippen LogP contribution >= 0.6 is 11.3 Å². The van der Waals surface area contributed by atoms with Crippen molar-refractivity contribution in [3.63, 3.8) is 0 Å². The molecule has 3 aromatic heterocycles. The van der Waals surface area contributed by atoms with E-state index in [0.29, 0.717) is 17.3 Å². The van der Waals surface area contributed by atoms with E-state index in [1.165, 1.54) is 16.0 Å². The maximum atomic E-state index is 11.6. The van der Waals surface area contributed by atoms with Crippen molar-refractivity contribution < 1.29 is 8.94 Å². The number of nitrogens with zero attached hydrogens (tertiary/aromatic N) is 3. The highest BCUT2D eigenvalue weighted by Gasteiger charge is 2.12. The first-order valence-electron chi connectivity index (χ1n) is 5.26. The highest BCUT2D eigenvalue weighted by atomic mass is 32.1. The van der Waals surface area contributed by atoms with E-state index in [1.54, 1.807) is 13.0 Å². The molecule has 0 fully saturated rings. The Morgan fingerprint density at radius 1 is 1.50 bits per heavy atom. The van der Waals surface area contributed by atoms with Crippen molar-refractivity contribution >= 4 is 11.3 Å². The van der Waals surface area contributed by atoms with Crippen molar-refractivity contribution in [2.45, 2.75) is 13.5 Å². The summed E-state index contributed by atoms with van der Waals surface area (Å²) in [6, 6.07) is 5.48. The van der Waals surface area contributed by atoms with Gasteiger partial charge in [-0.25, -0.2) is 4.79 Å². The lowest BCUT2D eigenvalue weighted by Crippen LogP contribution is -2.16. The van der Waals surface area contributed by atoms with Gasteiger partial charge in [-0.15, -0.1) is 16.4 Å². The molecule has 0 aromatic carbocycles. The number of rotatable bonds is 3. The average Bonchev–Trinajstić information content (AvgIpc) is 3.02. The van der Waals surface area contributed by atoms with Crippen LogP contribution < -0.4 is 5.76 Å². The molecule has 0 bridgehead atoms. The number of aromatic nitrogens is 3. The van der Waals surface area contributed by atoms with Gasteiger partial charge in [-0.3, -0.25) is 0 Å².